The molecule has 8 nitrogen and oxygen atoms in total. The first-order valence-corrected chi connectivity index (χ1v) is 12.1. The van der Waals surface area contributed by atoms with Gasteiger partial charge in [0.25, 0.3) is 11.7 Å². The summed E-state index contributed by atoms with van der Waals surface area (Å²) in [4.78, 5) is 31.9. The summed E-state index contributed by atoms with van der Waals surface area (Å²) < 4.78 is 13.2. The largest absolute Gasteiger partial charge is 0.507 e. The Morgan fingerprint density at radius 1 is 1.03 bits per heavy atom. The van der Waals surface area contributed by atoms with Crippen molar-refractivity contribution in [2.45, 2.75) is 45.9 Å². The molecule has 0 bridgehead atoms. The van der Waals surface area contributed by atoms with Crippen molar-refractivity contribution in [1.29, 1.82) is 0 Å². The lowest BCUT2D eigenvalue weighted by molar-refractivity contribution is -0.139. The van der Waals surface area contributed by atoms with Crippen LogP contribution < -0.4 is 9.47 Å². The molecule has 2 heterocycles. The fourth-order valence-electron chi connectivity index (χ4n) is 4.33. The van der Waals surface area contributed by atoms with Gasteiger partial charge in [-0.3, -0.25) is 9.59 Å². The van der Waals surface area contributed by atoms with Crippen LogP contribution in [0.5, 0.6) is 11.5 Å². The average molecular weight is 490 g/mol. The van der Waals surface area contributed by atoms with Crippen LogP contribution in [-0.2, 0) is 16.1 Å². The van der Waals surface area contributed by atoms with Gasteiger partial charge in [0.2, 0.25) is 0 Å². The minimum absolute atomic E-state index is 0.0179. The van der Waals surface area contributed by atoms with Crippen molar-refractivity contribution < 1.29 is 24.2 Å². The molecule has 0 aliphatic carbocycles. The zero-order chi connectivity index (χ0) is 25.7. The van der Waals surface area contributed by atoms with Gasteiger partial charge >= 0.3 is 0 Å². The summed E-state index contributed by atoms with van der Waals surface area (Å²) in [7, 11) is 0. The summed E-state index contributed by atoms with van der Waals surface area (Å²) in [6.07, 6.45) is 5.90. The van der Waals surface area contributed by atoms with E-state index in [1.165, 1.54) is 4.90 Å². The van der Waals surface area contributed by atoms with Crippen molar-refractivity contribution in [3.8, 4) is 11.5 Å². The lowest BCUT2D eigenvalue weighted by Crippen LogP contribution is -2.31. The second kappa shape index (κ2) is 11.1. The topological polar surface area (TPSA) is 93.9 Å². The molecule has 0 spiro atoms. The van der Waals surface area contributed by atoms with Crippen LogP contribution >= 0.6 is 0 Å². The quantitative estimate of drug-likeness (QED) is 0.255. The number of nitrogens with zero attached hydrogens (tertiary/aromatic N) is 3. The Morgan fingerprint density at radius 2 is 1.72 bits per heavy atom. The van der Waals surface area contributed by atoms with Gasteiger partial charge < -0.3 is 24.0 Å². The molecular weight excluding hydrogens is 458 g/mol. The molecule has 36 heavy (non-hydrogen) atoms. The van der Waals surface area contributed by atoms with Gasteiger partial charge in [0, 0.05) is 31.0 Å². The maximum absolute atomic E-state index is 13.2. The number of imidazole rings is 1. The zero-order valence-electron chi connectivity index (χ0n) is 20.8. The number of aliphatic hydroxyl groups is 1. The summed E-state index contributed by atoms with van der Waals surface area (Å²) in [5, 5.41) is 11.2. The first-order chi connectivity index (χ1) is 17.4. The summed E-state index contributed by atoms with van der Waals surface area (Å²) in [6.45, 7) is 7.29. The van der Waals surface area contributed by atoms with E-state index in [1.807, 2.05) is 55.8 Å². The molecule has 1 saturated heterocycles. The molecule has 1 fully saturated rings. The van der Waals surface area contributed by atoms with Gasteiger partial charge in [0.15, 0.2) is 0 Å². The van der Waals surface area contributed by atoms with Gasteiger partial charge in [-0.25, -0.2) is 4.98 Å². The SMILES string of the molecule is CCOc1ccc(/C(O)=C2\C(=O)C(=O)N(CCCn3ccnc3)[C@@H]2c2ccc(OC(C)C)cc2)cc1. The number of rotatable bonds is 10. The second-order valence-electron chi connectivity index (χ2n) is 8.84. The van der Waals surface area contributed by atoms with Crippen LogP contribution in [0.15, 0.2) is 72.8 Å². The third-order valence-corrected chi connectivity index (χ3v) is 5.92. The van der Waals surface area contributed by atoms with Crippen LogP contribution in [-0.4, -0.2) is 50.5 Å². The molecule has 1 N–H and O–H groups in total. The van der Waals surface area contributed by atoms with Crippen LogP contribution in [0.2, 0.25) is 0 Å². The standard InChI is InChI=1S/C28H31N3O5/c1-4-35-22-10-8-21(9-11-22)26(32)24-25(20-6-12-23(13-7-20)36-19(2)3)31(28(34)27(24)33)16-5-15-30-17-14-29-18-30/h6-14,17-19,25,32H,4-5,15-16H2,1-3H3/b26-24+/t25-/m1/s1. The van der Waals surface area contributed by atoms with E-state index in [1.54, 1.807) is 36.8 Å². The minimum atomic E-state index is -0.715. The summed E-state index contributed by atoms with van der Waals surface area (Å²) in [5.74, 6) is -0.179. The number of likely N-dealkylation sites (tertiary alicyclic amines) is 1. The monoisotopic (exact) mass is 489 g/mol. The lowest BCUT2D eigenvalue weighted by atomic mass is 9.95. The predicted molar refractivity (Wildman–Crippen MR) is 136 cm³/mol. The van der Waals surface area contributed by atoms with Crippen molar-refractivity contribution in [2.75, 3.05) is 13.2 Å². The molecule has 1 aliphatic rings. The average Bonchev–Trinajstić information content (AvgIpc) is 3.47. The summed E-state index contributed by atoms with van der Waals surface area (Å²) in [6, 6.07) is 13.4. The van der Waals surface area contributed by atoms with E-state index >= 15 is 0 Å². The Bertz CT molecular complexity index is 1220. The normalized spacial score (nSPS) is 17.1. The Labute approximate surface area is 210 Å². The second-order valence-corrected chi connectivity index (χ2v) is 8.84. The molecule has 1 aliphatic heterocycles. The van der Waals surface area contributed by atoms with Crippen molar-refractivity contribution in [2.24, 2.45) is 0 Å². The molecule has 1 aromatic heterocycles. The Hall–Kier alpha value is -4.07. The van der Waals surface area contributed by atoms with E-state index < -0.39 is 17.7 Å². The number of aromatic nitrogens is 2. The molecule has 0 unspecified atom stereocenters. The molecule has 3 aromatic rings. The number of aryl methyl sites for hydroxylation is 1. The Morgan fingerprint density at radius 3 is 2.33 bits per heavy atom. The maximum atomic E-state index is 13.2. The Kier molecular flexibility index (Phi) is 7.73. The van der Waals surface area contributed by atoms with Crippen molar-refractivity contribution in [1.82, 2.24) is 14.5 Å². The Balaban J connectivity index is 1.69. The number of ether oxygens (including phenoxy) is 2. The molecule has 0 radical (unpaired) electrons. The highest BCUT2D eigenvalue weighted by Gasteiger charge is 2.45. The van der Waals surface area contributed by atoms with Gasteiger partial charge in [-0.15, -0.1) is 0 Å². The fourth-order valence-corrected chi connectivity index (χ4v) is 4.33. The smallest absolute Gasteiger partial charge is 0.295 e. The molecule has 0 saturated carbocycles. The van der Waals surface area contributed by atoms with Crippen LogP contribution in [0, 0.1) is 0 Å². The molecular formula is C28H31N3O5. The number of carbonyl (C=O) groups is 2. The number of hydrogen-bond acceptors (Lipinski definition) is 6. The highest BCUT2D eigenvalue weighted by molar-refractivity contribution is 6.46. The van der Waals surface area contributed by atoms with Gasteiger partial charge in [0.05, 0.1) is 30.7 Å². The maximum Gasteiger partial charge on any atom is 0.295 e. The van der Waals surface area contributed by atoms with Gasteiger partial charge in [0.1, 0.15) is 17.3 Å². The highest BCUT2D eigenvalue weighted by atomic mass is 16.5. The molecule has 188 valence electrons. The summed E-state index contributed by atoms with van der Waals surface area (Å²) >= 11 is 0. The zero-order valence-corrected chi connectivity index (χ0v) is 20.8. The molecule has 1 atom stereocenters. The molecule has 1 amide bonds. The number of ketones is 1. The van der Waals surface area contributed by atoms with Crippen LogP contribution in [0.4, 0.5) is 0 Å². The third-order valence-electron chi connectivity index (χ3n) is 5.92. The predicted octanol–water partition coefficient (Wildman–Crippen LogP) is 4.58. The van der Waals surface area contributed by atoms with Crippen LogP contribution in [0.25, 0.3) is 5.76 Å². The molecule has 4 rings (SSSR count). The van der Waals surface area contributed by atoms with Gasteiger partial charge in [-0.2, -0.15) is 0 Å². The van der Waals surface area contributed by atoms with Crippen molar-refractivity contribution >= 4 is 17.4 Å². The number of hydrogen-bond donors (Lipinski definition) is 1. The van der Waals surface area contributed by atoms with E-state index in [2.05, 4.69) is 4.98 Å². The van der Waals surface area contributed by atoms with E-state index in [0.717, 1.165) is 5.56 Å². The molecule has 2 aromatic carbocycles. The fraction of sp³-hybridized carbons (Fsp3) is 0.321. The van der Waals surface area contributed by atoms with E-state index in [-0.39, 0.29) is 17.4 Å². The van der Waals surface area contributed by atoms with Crippen LogP contribution in [0.1, 0.15) is 44.4 Å². The van der Waals surface area contributed by atoms with Gasteiger partial charge in [-0.1, -0.05) is 12.1 Å². The van der Waals surface area contributed by atoms with E-state index in [0.29, 0.717) is 43.2 Å². The van der Waals surface area contributed by atoms with Gasteiger partial charge in [-0.05, 0) is 69.2 Å². The molecule has 8 heteroatoms. The number of Topliss-reactive ketones (excluding diaryl/α,β-unsaturated/α-hetero) is 1. The third kappa shape index (κ3) is 5.43. The first kappa shape index (κ1) is 25.0. The summed E-state index contributed by atoms with van der Waals surface area (Å²) in [5.41, 5.74) is 1.24. The number of aliphatic hydroxyl groups excluding tert-OH is 1. The minimum Gasteiger partial charge on any atom is -0.507 e. The van der Waals surface area contributed by atoms with Crippen molar-refractivity contribution in [3.05, 3.63) is 84.0 Å². The van der Waals surface area contributed by atoms with E-state index in [9.17, 15) is 14.7 Å². The number of benzene rings is 2. The first-order valence-electron chi connectivity index (χ1n) is 12.1. The number of carbonyl (C=O) groups excluding carboxylic acids is 2. The highest BCUT2D eigenvalue weighted by Crippen LogP contribution is 2.40. The van der Waals surface area contributed by atoms with Crippen molar-refractivity contribution in [3.63, 3.8) is 0 Å². The van der Waals surface area contributed by atoms with E-state index in [4.69, 9.17) is 9.47 Å². The van der Waals surface area contributed by atoms with Crippen LogP contribution in [0.3, 0.4) is 0 Å². The number of amides is 1. The lowest BCUT2D eigenvalue weighted by Gasteiger charge is -2.25.